The number of ether oxygens (including phenoxy) is 1. The van der Waals surface area contributed by atoms with Gasteiger partial charge in [0.2, 0.25) is 0 Å². The normalized spacial score (nSPS) is 12.6. The van der Waals surface area contributed by atoms with E-state index in [1.807, 2.05) is 0 Å². The molecular weight excluding hydrogens is 472 g/mol. The van der Waals surface area contributed by atoms with Crippen molar-refractivity contribution in [2.24, 2.45) is 10.2 Å². The molecule has 2 aromatic rings. The van der Waals surface area contributed by atoms with Gasteiger partial charge in [0, 0.05) is 34.2 Å². The minimum atomic E-state index is -4.53. The molecule has 1 aliphatic carbocycles. The monoisotopic (exact) mass is 494 g/mol. The highest BCUT2D eigenvalue weighted by Crippen LogP contribution is 2.42. The van der Waals surface area contributed by atoms with Gasteiger partial charge in [-0.05, 0) is 51.1 Å². The van der Waals surface area contributed by atoms with E-state index in [-0.39, 0.29) is 10.5 Å². The van der Waals surface area contributed by atoms with Crippen molar-refractivity contribution in [3.63, 3.8) is 0 Å². The first kappa shape index (κ1) is 24.0. The third-order valence-corrected chi connectivity index (χ3v) is 5.84. The Hall–Kier alpha value is -4.09. The maximum atomic E-state index is 12.1. The Morgan fingerprint density at radius 3 is 2.49 bits per heavy atom. The molecule has 10 nitrogen and oxygen atoms in total. The van der Waals surface area contributed by atoms with Crippen molar-refractivity contribution in [3.8, 4) is 22.5 Å². The van der Waals surface area contributed by atoms with Gasteiger partial charge >= 0.3 is 6.09 Å². The van der Waals surface area contributed by atoms with Crippen molar-refractivity contribution in [1.82, 2.24) is 5.43 Å². The van der Waals surface area contributed by atoms with Crippen LogP contribution in [-0.2, 0) is 14.9 Å². The van der Waals surface area contributed by atoms with Crippen molar-refractivity contribution in [2.45, 2.75) is 31.3 Å². The number of hydrogen-bond acceptors (Lipinski definition) is 8. The van der Waals surface area contributed by atoms with Gasteiger partial charge in [0.1, 0.15) is 21.8 Å². The maximum absolute atomic E-state index is 12.1. The van der Waals surface area contributed by atoms with Crippen LogP contribution in [0.2, 0.25) is 0 Å². The van der Waals surface area contributed by atoms with Gasteiger partial charge in [-0.3, -0.25) is 4.55 Å². The zero-order valence-corrected chi connectivity index (χ0v) is 19.9. The van der Waals surface area contributed by atoms with Gasteiger partial charge in [-0.15, -0.1) is 0 Å². The highest BCUT2D eigenvalue weighted by Gasteiger charge is 2.23. The molecule has 0 fully saturated rings. The lowest BCUT2D eigenvalue weighted by molar-refractivity contribution is 0.0526. The third kappa shape index (κ3) is 5.20. The Morgan fingerprint density at radius 2 is 1.80 bits per heavy atom. The first-order chi connectivity index (χ1) is 16.5. The fourth-order valence-corrected chi connectivity index (χ4v) is 4.30. The molecule has 0 aromatic heterocycles. The van der Waals surface area contributed by atoms with Gasteiger partial charge < -0.3 is 9.15 Å². The highest BCUT2D eigenvalue weighted by atomic mass is 32.2. The first-order valence-electron chi connectivity index (χ1n) is 10.4. The summed E-state index contributed by atoms with van der Waals surface area (Å²) in [6.45, 7) is 5.20. The topological polar surface area (TPSA) is 154 Å². The van der Waals surface area contributed by atoms with Crippen LogP contribution in [0.15, 0.2) is 80.2 Å². The van der Waals surface area contributed by atoms with E-state index in [0.29, 0.717) is 38.9 Å². The first-order valence-corrected chi connectivity index (χ1v) is 11.9. The van der Waals surface area contributed by atoms with Gasteiger partial charge in [-0.2, -0.15) is 18.6 Å². The molecule has 1 aliphatic heterocycles. The third-order valence-electron chi connectivity index (χ3n) is 4.93. The fourth-order valence-electron chi connectivity index (χ4n) is 3.61. The lowest BCUT2D eigenvalue weighted by atomic mass is 9.93. The van der Waals surface area contributed by atoms with E-state index in [0.717, 1.165) is 0 Å². The number of nitrogens with one attached hydrogen (secondary N) is 2. The van der Waals surface area contributed by atoms with Crippen LogP contribution in [0.1, 0.15) is 20.8 Å². The largest absolute Gasteiger partial charge is 0.456 e. The van der Waals surface area contributed by atoms with Crippen LogP contribution >= 0.6 is 0 Å². The molecule has 0 saturated heterocycles. The second-order valence-electron chi connectivity index (χ2n) is 8.65. The van der Waals surface area contributed by atoms with E-state index in [4.69, 9.17) is 14.7 Å². The summed E-state index contributed by atoms with van der Waals surface area (Å²) in [5.41, 5.74) is 10.9. The molecule has 2 aliphatic rings. The van der Waals surface area contributed by atoms with Crippen molar-refractivity contribution in [1.29, 1.82) is 5.53 Å². The number of nitrogens with zero attached hydrogens (tertiary/aromatic N) is 2. The summed E-state index contributed by atoms with van der Waals surface area (Å²) in [5.74, 6) is 0.326. The fraction of sp³-hybridized carbons (Fsp3) is 0.167. The van der Waals surface area contributed by atoms with Gasteiger partial charge in [0.15, 0.2) is 0 Å². The van der Waals surface area contributed by atoms with Gasteiger partial charge in [-0.25, -0.2) is 15.8 Å². The molecular formula is C24H22N4O6S. The Morgan fingerprint density at radius 1 is 1.06 bits per heavy atom. The van der Waals surface area contributed by atoms with E-state index < -0.39 is 21.8 Å². The maximum Gasteiger partial charge on any atom is 0.428 e. The standard InChI is InChI=1S/C24H22N4O6S/c1-24(2,3)34-23(29)28-27-15-9-11-17-20(13-15)33-19-12-14(26-25)8-10-16(19)22(17)18-6-4-5-7-21(18)35(30,31)32/h4-13,25H,1-3H3,(H,28,29)(H,30,31,32). The molecule has 180 valence electrons. The average molecular weight is 495 g/mol. The molecule has 4 rings (SSSR count). The summed E-state index contributed by atoms with van der Waals surface area (Å²) in [6, 6.07) is 15.8. The minimum Gasteiger partial charge on any atom is -0.456 e. The summed E-state index contributed by atoms with van der Waals surface area (Å²) in [4.78, 5) is 11.7. The zero-order chi connectivity index (χ0) is 25.4. The number of carbonyl (C=O) groups is 1. The van der Waals surface area contributed by atoms with Gasteiger partial charge in [0.05, 0.1) is 11.0 Å². The summed E-state index contributed by atoms with van der Waals surface area (Å²) in [6.07, 6.45) is -0.725. The highest BCUT2D eigenvalue weighted by molar-refractivity contribution is 7.86. The van der Waals surface area contributed by atoms with E-state index in [2.05, 4.69) is 15.6 Å². The Labute approximate surface area is 200 Å². The number of amides is 1. The second-order valence-corrected chi connectivity index (χ2v) is 10.0. The molecule has 35 heavy (non-hydrogen) atoms. The molecule has 0 saturated carbocycles. The summed E-state index contributed by atoms with van der Waals surface area (Å²) in [7, 11) is -4.53. The van der Waals surface area contributed by atoms with Crippen molar-refractivity contribution < 1.29 is 26.9 Å². The molecule has 3 N–H and O–H groups in total. The van der Waals surface area contributed by atoms with E-state index in [9.17, 15) is 17.8 Å². The Kier molecular flexibility index (Phi) is 6.14. The van der Waals surface area contributed by atoms with E-state index >= 15 is 0 Å². The Balaban J connectivity index is 1.97. The van der Waals surface area contributed by atoms with Gasteiger partial charge in [-0.1, -0.05) is 18.2 Å². The van der Waals surface area contributed by atoms with Crippen LogP contribution in [0, 0.1) is 5.53 Å². The molecule has 1 amide bonds. The van der Waals surface area contributed by atoms with Crippen molar-refractivity contribution >= 4 is 32.9 Å². The molecule has 0 bridgehead atoms. The minimum absolute atomic E-state index is 0.261. The smallest absolute Gasteiger partial charge is 0.428 e. The quantitative estimate of drug-likeness (QED) is 0.148. The van der Waals surface area contributed by atoms with Crippen LogP contribution in [0.3, 0.4) is 0 Å². The number of rotatable bonds is 4. The van der Waals surface area contributed by atoms with Crippen LogP contribution in [0.25, 0.3) is 33.4 Å². The lowest BCUT2D eigenvalue weighted by Gasteiger charge is -2.18. The Bertz CT molecular complexity index is 1600. The molecule has 0 radical (unpaired) electrons. The van der Waals surface area contributed by atoms with E-state index in [1.54, 1.807) is 69.3 Å². The molecule has 2 aromatic carbocycles. The number of carbonyl (C=O) groups excluding carboxylic acids is 1. The predicted octanol–water partition coefficient (Wildman–Crippen LogP) is 5.45. The second kappa shape index (κ2) is 8.93. The molecule has 0 unspecified atom stereocenters. The van der Waals surface area contributed by atoms with Crippen LogP contribution in [0.5, 0.6) is 0 Å². The predicted molar refractivity (Wildman–Crippen MR) is 128 cm³/mol. The van der Waals surface area contributed by atoms with Crippen molar-refractivity contribution in [3.05, 3.63) is 66.0 Å². The SMILES string of the molecule is CC(C)(C)OC(=O)NN=c1ccc2c(-c3ccccc3S(=O)(=O)O)c3ccc(N=N)cc3oc-2c1. The number of fused-ring (bicyclic) bond motifs is 2. The van der Waals surface area contributed by atoms with E-state index in [1.165, 1.54) is 12.1 Å². The average Bonchev–Trinajstić information content (AvgIpc) is 2.79. The zero-order valence-electron chi connectivity index (χ0n) is 19.1. The molecule has 1 heterocycles. The summed E-state index contributed by atoms with van der Waals surface area (Å²) in [5, 5.41) is 8.38. The number of benzene rings is 3. The molecule has 0 spiro atoms. The van der Waals surface area contributed by atoms with Crippen LogP contribution in [0.4, 0.5) is 10.5 Å². The summed E-state index contributed by atoms with van der Waals surface area (Å²) < 4.78 is 45.3. The summed E-state index contributed by atoms with van der Waals surface area (Å²) >= 11 is 0. The van der Waals surface area contributed by atoms with Crippen molar-refractivity contribution in [2.75, 3.05) is 0 Å². The van der Waals surface area contributed by atoms with Crippen LogP contribution in [-0.4, -0.2) is 24.7 Å². The molecule has 11 heteroatoms. The van der Waals surface area contributed by atoms with Gasteiger partial charge in [0.25, 0.3) is 10.1 Å². The lowest BCUT2D eigenvalue weighted by Crippen LogP contribution is -2.30. The molecule has 0 atom stereocenters. The van der Waals surface area contributed by atoms with Crippen LogP contribution < -0.4 is 10.8 Å². The number of hydrogen-bond donors (Lipinski definition) is 3.